The number of hydrogen-bond acceptors (Lipinski definition) is 1. The Morgan fingerprint density at radius 3 is 2.00 bits per heavy atom. The highest BCUT2D eigenvalue weighted by atomic mass is 79.9. The highest BCUT2D eigenvalue weighted by molar-refractivity contribution is 9.12. The Balaban J connectivity index is 2.35. The van der Waals surface area contributed by atoms with Gasteiger partial charge in [0, 0.05) is 5.56 Å². The van der Waals surface area contributed by atoms with Gasteiger partial charge in [0.25, 0.3) is 0 Å². The van der Waals surface area contributed by atoms with E-state index in [4.69, 9.17) is 0 Å². The number of benzene rings is 2. The lowest BCUT2D eigenvalue weighted by Gasteiger charge is -2.20. The maximum Gasteiger partial charge on any atom is 0.178 e. The van der Waals surface area contributed by atoms with Crippen molar-refractivity contribution in [3.05, 3.63) is 70.8 Å². The Labute approximate surface area is 162 Å². The molecule has 0 saturated carbocycles. The molecule has 0 spiro atoms. The van der Waals surface area contributed by atoms with Crippen molar-refractivity contribution in [1.29, 1.82) is 0 Å². The highest BCUT2D eigenvalue weighted by Crippen LogP contribution is 2.35. The molecule has 128 valence electrons. The topological polar surface area (TPSA) is 17.1 Å². The molecule has 3 heteroatoms. The maximum atomic E-state index is 13.1. The summed E-state index contributed by atoms with van der Waals surface area (Å²) < 4.78 is 0. The standard InChI is InChI=1S/C21H24Br2O/c1-13(2)16-10-11-17(18(12-16)14(3)4)21(24)20(23)19(22)15-8-6-5-7-9-15/h5-14,19-20H,1-4H3/t19-,20+/m1/s1. The number of halogens is 2. The second kappa shape index (κ2) is 8.44. The summed E-state index contributed by atoms with van der Waals surface area (Å²) in [5.41, 5.74) is 4.32. The summed E-state index contributed by atoms with van der Waals surface area (Å²) >= 11 is 7.30. The van der Waals surface area contributed by atoms with E-state index >= 15 is 0 Å². The molecule has 1 nitrogen and oxygen atoms in total. The molecule has 0 aromatic heterocycles. The zero-order chi connectivity index (χ0) is 17.9. The Kier molecular flexibility index (Phi) is 6.82. The molecular weight excluding hydrogens is 428 g/mol. The Morgan fingerprint density at radius 1 is 0.833 bits per heavy atom. The van der Waals surface area contributed by atoms with Crippen LogP contribution in [0.25, 0.3) is 0 Å². The van der Waals surface area contributed by atoms with Gasteiger partial charge in [-0.2, -0.15) is 0 Å². The lowest BCUT2D eigenvalue weighted by molar-refractivity contribution is 0.0989. The normalized spacial score (nSPS) is 14.0. The van der Waals surface area contributed by atoms with Gasteiger partial charge in [-0.05, 0) is 28.5 Å². The van der Waals surface area contributed by atoms with Crippen molar-refractivity contribution in [2.45, 2.75) is 49.2 Å². The van der Waals surface area contributed by atoms with Crippen molar-refractivity contribution >= 4 is 37.6 Å². The number of alkyl halides is 2. The number of Topliss-reactive ketones (excluding diaryl/α,β-unsaturated/α-hetero) is 1. The second-order valence-electron chi connectivity index (χ2n) is 6.73. The second-order valence-corrected chi connectivity index (χ2v) is 8.71. The van der Waals surface area contributed by atoms with Gasteiger partial charge >= 0.3 is 0 Å². The van der Waals surface area contributed by atoms with E-state index in [0.29, 0.717) is 11.8 Å². The average molecular weight is 452 g/mol. The first-order valence-corrected chi connectivity index (χ1v) is 10.2. The quantitative estimate of drug-likeness (QED) is 0.340. The average Bonchev–Trinajstić information content (AvgIpc) is 2.59. The Morgan fingerprint density at radius 2 is 1.46 bits per heavy atom. The fourth-order valence-corrected chi connectivity index (χ4v) is 3.83. The van der Waals surface area contributed by atoms with Crippen LogP contribution in [0.2, 0.25) is 0 Å². The summed E-state index contributed by atoms with van der Waals surface area (Å²) in [6.07, 6.45) is 0. The molecule has 2 rings (SSSR count). The van der Waals surface area contributed by atoms with Gasteiger partial charge in [0.05, 0.1) is 9.65 Å². The summed E-state index contributed by atoms with van der Waals surface area (Å²) in [6.45, 7) is 8.64. The van der Waals surface area contributed by atoms with Crippen molar-refractivity contribution in [2.24, 2.45) is 0 Å². The third kappa shape index (κ3) is 4.37. The molecule has 0 aliphatic rings. The Bertz CT molecular complexity index is 692. The predicted molar refractivity (Wildman–Crippen MR) is 110 cm³/mol. The van der Waals surface area contributed by atoms with Crippen LogP contribution in [0.1, 0.15) is 71.4 Å². The predicted octanol–water partition coefficient (Wildman–Crippen LogP) is 7.02. The first kappa shape index (κ1) is 19.4. The van der Waals surface area contributed by atoms with Gasteiger partial charge in [0.2, 0.25) is 0 Å². The molecule has 2 aromatic carbocycles. The van der Waals surface area contributed by atoms with Gasteiger partial charge in [0.15, 0.2) is 5.78 Å². The van der Waals surface area contributed by atoms with Crippen LogP contribution in [-0.4, -0.2) is 10.6 Å². The molecule has 24 heavy (non-hydrogen) atoms. The minimum Gasteiger partial charge on any atom is -0.293 e. The van der Waals surface area contributed by atoms with E-state index in [1.807, 2.05) is 36.4 Å². The number of carbonyl (C=O) groups is 1. The van der Waals surface area contributed by atoms with Gasteiger partial charge in [-0.3, -0.25) is 4.79 Å². The number of carbonyl (C=O) groups excluding carboxylic acids is 1. The summed E-state index contributed by atoms with van der Waals surface area (Å²) in [5, 5.41) is 0. The van der Waals surface area contributed by atoms with Crippen LogP contribution in [0.4, 0.5) is 0 Å². The van der Waals surface area contributed by atoms with Crippen molar-refractivity contribution in [3.8, 4) is 0 Å². The van der Waals surface area contributed by atoms with Gasteiger partial charge in [-0.25, -0.2) is 0 Å². The van der Waals surface area contributed by atoms with E-state index in [1.165, 1.54) is 5.56 Å². The molecule has 0 N–H and O–H groups in total. The molecule has 2 atom stereocenters. The van der Waals surface area contributed by atoms with Crippen molar-refractivity contribution in [3.63, 3.8) is 0 Å². The van der Waals surface area contributed by atoms with E-state index in [0.717, 1.165) is 16.7 Å². The number of rotatable bonds is 6. The van der Waals surface area contributed by atoms with Crippen LogP contribution >= 0.6 is 31.9 Å². The number of ketones is 1. The lowest BCUT2D eigenvalue weighted by atomic mass is 9.88. The van der Waals surface area contributed by atoms with Crippen LogP contribution in [0.5, 0.6) is 0 Å². The van der Waals surface area contributed by atoms with Crippen molar-refractivity contribution in [2.75, 3.05) is 0 Å². The third-order valence-electron chi connectivity index (χ3n) is 4.26. The zero-order valence-corrected chi connectivity index (χ0v) is 17.8. The minimum absolute atomic E-state index is 0.0593. The summed E-state index contributed by atoms with van der Waals surface area (Å²) in [4.78, 5) is 12.7. The fourth-order valence-electron chi connectivity index (χ4n) is 2.73. The van der Waals surface area contributed by atoms with Crippen LogP contribution in [0.15, 0.2) is 48.5 Å². The SMILES string of the molecule is CC(C)c1ccc(C(=O)[C@@H](Br)[C@H](Br)c2ccccc2)c(C(C)C)c1. The monoisotopic (exact) mass is 450 g/mol. The summed E-state index contributed by atoms with van der Waals surface area (Å²) in [7, 11) is 0. The van der Waals surface area contributed by atoms with E-state index in [1.54, 1.807) is 0 Å². The van der Waals surface area contributed by atoms with Gasteiger partial charge < -0.3 is 0 Å². The van der Waals surface area contributed by atoms with Gasteiger partial charge in [0.1, 0.15) is 0 Å². The largest absolute Gasteiger partial charge is 0.293 e. The Hall–Kier alpha value is -0.930. The minimum atomic E-state index is -0.303. The smallest absolute Gasteiger partial charge is 0.178 e. The van der Waals surface area contributed by atoms with Gasteiger partial charge in [-0.1, -0.05) is 108 Å². The van der Waals surface area contributed by atoms with Crippen molar-refractivity contribution < 1.29 is 4.79 Å². The van der Waals surface area contributed by atoms with E-state index in [-0.39, 0.29) is 15.4 Å². The van der Waals surface area contributed by atoms with Crippen LogP contribution in [0, 0.1) is 0 Å². The molecule has 0 heterocycles. The first-order chi connectivity index (χ1) is 11.3. The van der Waals surface area contributed by atoms with E-state index < -0.39 is 0 Å². The van der Waals surface area contributed by atoms with E-state index in [2.05, 4.69) is 71.7 Å². The molecule has 0 bridgehead atoms. The first-order valence-electron chi connectivity index (χ1n) is 8.34. The molecule has 0 aliphatic heterocycles. The molecule has 2 aromatic rings. The summed E-state index contributed by atoms with van der Waals surface area (Å²) in [6, 6.07) is 16.3. The zero-order valence-electron chi connectivity index (χ0n) is 14.6. The molecule has 0 saturated heterocycles. The van der Waals surface area contributed by atoms with Crippen LogP contribution < -0.4 is 0 Å². The molecule has 0 unspecified atom stereocenters. The highest BCUT2D eigenvalue weighted by Gasteiger charge is 2.28. The fraction of sp³-hybridized carbons (Fsp3) is 0.381. The van der Waals surface area contributed by atoms with Crippen LogP contribution in [-0.2, 0) is 0 Å². The van der Waals surface area contributed by atoms with Crippen molar-refractivity contribution in [1.82, 2.24) is 0 Å². The molecule has 0 fully saturated rings. The van der Waals surface area contributed by atoms with Gasteiger partial charge in [-0.15, -0.1) is 0 Å². The molecule has 0 radical (unpaired) electrons. The number of hydrogen-bond donors (Lipinski definition) is 0. The summed E-state index contributed by atoms with van der Waals surface area (Å²) in [5.74, 6) is 0.896. The van der Waals surface area contributed by atoms with Crippen LogP contribution in [0.3, 0.4) is 0 Å². The molecule has 0 aliphatic carbocycles. The maximum absolute atomic E-state index is 13.1. The lowest BCUT2D eigenvalue weighted by Crippen LogP contribution is -2.21. The van der Waals surface area contributed by atoms with E-state index in [9.17, 15) is 4.79 Å². The molecule has 0 amide bonds. The third-order valence-corrected chi connectivity index (χ3v) is 6.97. The molecular formula is C21H24Br2O.